The Hall–Kier alpha value is -2.27. The fourth-order valence-corrected chi connectivity index (χ4v) is 7.87. The summed E-state index contributed by atoms with van der Waals surface area (Å²) in [5.41, 5.74) is 5.18. The van der Waals surface area contributed by atoms with Gasteiger partial charge < -0.3 is 0 Å². The van der Waals surface area contributed by atoms with Crippen LogP contribution in [0.1, 0.15) is 31.9 Å². The quantitative estimate of drug-likeness (QED) is 0.247. The van der Waals surface area contributed by atoms with Gasteiger partial charge in [0.1, 0.15) is 0 Å². The average molecular weight is 444 g/mol. The molecule has 0 saturated heterocycles. The van der Waals surface area contributed by atoms with E-state index in [0.717, 1.165) is 5.69 Å². The molecule has 6 aromatic rings. The maximum absolute atomic E-state index is 4.92. The van der Waals surface area contributed by atoms with Crippen molar-refractivity contribution in [1.82, 2.24) is 4.98 Å². The summed E-state index contributed by atoms with van der Waals surface area (Å²) in [5, 5.41) is 9.82. The van der Waals surface area contributed by atoms with Gasteiger partial charge in [-0.3, -0.25) is 4.98 Å². The second-order valence-corrected chi connectivity index (χ2v) is 11.9. The van der Waals surface area contributed by atoms with E-state index in [1.165, 1.54) is 57.0 Å². The van der Waals surface area contributed by atoms with Gasteiger partial charge in [-0.1, -0.05) is 26.8 Å². The largest absolute Gasteiger partial charge is 0.256 e. The minimum absolute atomic E-state index is 0.0870. The van der Waals surface area contributed by atoms with Crippen molar-refractivity contribution in [3.63, 3.8) is 0 Å². The minimum Gasteiger partial charge on any atom is -0.256 e. The first-order valence-electron chi connectivity index (χ1n) is 10.1. The third-order valence-corrected chi connectivity index (χ3v) is 9.12. The fraction of sp³-hybridized carbons (Fsp3) is 0.192. The normalized spacial score (nSPS) is 12.7. The molecule has 0 fully saturated rings. The van der Waals surface area contributed by atoms with E-state index in [0.29, 0.717) is 0 Å². The van der Waals surface area contributed by atoms with Gasteiger partial charge in [-0.05, 0) is 69.9 Å². The van der Waals surface area contributed by atoms with Crippen molar-refractivity contribution in [1.29, 1.82) is 0 Å². The lowest BCUT2D eigenvalue weighted by Gasteiger charge is -2.21. The zero-order chi connectivity index (χ0) is 20.6. The highest BCUT2D eigenvalue weighted by molar-refractivity contribution is 7.27. The summed E-state index contributed by atoms with van der Waals surface area (Å²) in [4.78, 5) is 4.92. The van der Waals surface area contributed by atoms with E-state index in [1.54, 1.807) is 0 Å². The van der Waals surface area contributed by atoms with Crippen LogP contribution in [0, 0.1) is 6.92 Å². The predicted octanol–water partition coefficient (Wildman–Crippen LogP) is 9.15. The Kier molecular flexibility index (Phi) is 3.92. The van der Waals surface area contributed by atoms with Crippen LogP contribution in [0.2, 0.25) is 0 Å². The molecule has 0 bridgehead atoms. The van der Waals surface area contributed by atoms with Gasteiger partial charge in [-0.15, -0.1) is 34.0 Å². The molecule has 0 aliphatic heterocycles. The van der Waals surface area contributed by atoms with E-state index in [-0.39, 0.29) is 5.41 Å². The molecule has 0 saturated carbocycles. The van der Waals surface area contributed by atoms with E-state index in [1.807, 2.05) is 40.2 Å². The average Bonchev–Trinajstić information content (AvgIpc) is 3.42. The summed E-state index contributed by atoms with van der Waals surface area (Å²) in [6.45, 7) is 9.13. The number of pyridine rings is 1. The zero-order valence-corrected chi connectivity index (χ0v) is 19.8. The molecule has 0 amide bonds. The van der Waals surface area contributed by atoms with Gasteiger partial charge in [0.15, 0.2) is 0 Å². The van der Waals surface area contributed by atoms with Crippen molar-refractivity contribution in [2.75, 3.05) is 0 Å². The van der Waals surface area contributed by atoms with Crippen molar-refractivity contribution in [2.24, 2.45) is 0 Å². The standard InChI is InChI=1S/C26H21NS3/c1-14-13-29-19-6-5-17-22-20(30-25(17)21(14)19)7-9-27-23(22)16-11-15-8-10-28-24(15)18(12-16)26(2,3)4/h5-13H,1-4H3. The van der Waals surface area contributed by atoms with Gasteiger partial charge in [0.25, 0.3) is 0 Å². The second kappa shape index (κ2) is 6.36. The van der Waals surface area contributed by atoms with Crippen LogP contribution in [0.15, 0.2) is 53.4 Å². The van der Waals surface area contributed by atoms with Crippen LogP contribution < -0.4 is 0 Å². The molecular formula is C26H21NS3. The van der Waals surface area contributed by atoms with E-state index >= 15 is 0 Å². The molecule has 0 spiro atoms. The number of hydrogen-bond acceptors (Lipinski definition) is 4. The number of fused-ring (bicyclic) bond motifs is 6. The van der Waals surface area contributed by atoms with Gasteiger partial charge in [0, 0.05) is 46.7 Å². The Morgan fingerprint density at radius 2 is 1.73 bits per heavy atom. The lowest BCUT2D eigenvalue weighted by Crippen LogP contribution is -2.11. The van der Waals surface area contributed by atoms with Gasteiger partial charge >= 0.3 is 0 Å². The van der Waals surface area contributed by atoms with Crippen LogP contribution in [0.5, 0.6) is 0 Å². The monoisotopic (exact) mass is 443 g/mol. The smallest absolute Gasteiger partial charge is 0.0795 e. The molecule has 4 heterocycles. The van der Waals surface area contributed by atoms with Gasteiger partial charge in [-0.2, -0.15) is 0 Å². The summed E-state index contributed by atoms with van der Waals surface area (Å²) >= 11 is 5.58. The summed E-state index contributed by atoms with van der Waals surface area (Å²) in [7, 11) is 0. The van der Waals surface area contributed by atoms with Crippen LogP contribution in [-0.2, 0) is 5.41 Å². The molecule has 2 aromatic carbocycles. The highest BCUT2D eigenvalue weighted by Crippen LogP contribution is 2.45. The van der Waals surface area contributed by atoms with Gasteiger partial charge in [-0.25, -0.2) is 0 Å². The summed E-state index contributed by atoms with van der Waals surface area (Å²) in [6.07, 6.45) is 1.97. The first-order chi connectivity index (χ1) is 14.4. The molecule has 30 heavy (non-hydrogen) atoms. The van der Waals surface area contributed by atoms with Crippen LogP contribution >= 0.6 is 34.0 Å². The maximum Gasteiger partial charge on any atom is 0.0795 e. The molecule has 148 valence electrons. The Labute approximate surface area is 187 Å². The van der Waals surface area contributed by atoms with Crippen LogP contribution in [-0.4, -0.2) is 4.98 Å². The van der Waals surface area contributed by atoms with Crippen molar-refractivity contribution in [3.8, 4) is 11.3 Å². The molecule has 0 radical (unpaired) electrons. The van der Waals surface area contributed by atoms with Crippen molar-refractivity contribution in [3.05, 3.63) is 64.5 Å². The Morgan fingerprint density at radius 1 is 0.867 bits per heavy atom. The molecule has 4 heteroatoms. The number of benzene rings is 2. The van der Waals surface area contributed by atoms with Crippen molar-refractivity contribution < 1.29 is 0 Å². The second-order valence-electron chi connectivity index (χ2n) is 8.98. The number of hydrogen-bond donors (Lipinski definition) is 0. The number of aromatic nitrogens is 1. The van der Waals surface area contributed by atoms with Gasteiger partial charge in [0.2, 0.25) is 0 Å². The maximum atomic E-state index is 4.92. The van der Waals surface area contributed by atoms with Crippen LogP contribution in [0.4, 0.5) is 0 Å². The fourth-order valence-electron chi connectivity index (χ4n) is 4.44. The Bertz CT molecular complexity index is 1590. The van der Waals surface area contributed by atoms with E-state index < -0.39 is 0 Å². The molecule has 1 nitrogen and oxygen atoms in total. The third-order valence-electron chi connectivity index (χ3n) is 5.90. The van der Waals surface area contributed by atoms with E-state index in [2.05, 4.69) is 74.9 Å². The summed E-state index contributed by atoms with van der Waals surface area (Å²) < 4.78 is 5.47. The molecule has 0 aliphatic carbocycles. The lowest BCUT2D eigenvalue weighted by molar-refractivity contribution is 0.597. The molecule has 4 aromatic heterocycles. The molecule has 0 atom stereocenters. The van der Waals surface area contributed by atoms with Crippen LogP contribution in [0.25, 0.3) is 51.6 Å². The lowest BCUT2D eigenvalue weighted by atomic mass is 9.85. The highest BCUT2D eigenvalue weighted by Gasteiger charge is 2.21. The van der Waals surface area contributed by atoms with E-state index in [4.69, 9.17) is 4.98 Å². The number of aryl methyl sites for hydroxylation is 1. The number of thiophene rings is 3. The number of nitrogens with zero attached hydrogens (tertiary/aromatic N) is 1. The summed E-state index contributed by atoms with van der Waals surface area (Å²) in [6, 6.07) is 13.7. The SMILES string of the molecule is Cc1csc2ccc3c(sc4ccnc(-c5cc(C(C)(C)C)c6sccc6c5)c43)c12. The topological polar surface area (TPSA) is 12.9 Å². The summed E-state index contributed by atoms with van der Waals surface area (Å²) in [5.74, 6) is 0. The first kappa shape index (κ1) is 18.5. The van der Waals surface area contributed by atoms with Crippen molar-refractivity contribution in [2.45, 2.75) is 33.1 Å². The third kappa shape index (κ3) is 2.60. The Balaban J connectivity index is 1.73. The minimum atomic E-state index is 0.0870. The predicted molar refractivity (Wildman–Crippen MR) is 137 cm³/mol. The molecule has 6 rings (SSSR count). The Morgan fingerprint density at radius 3 is 2.57 bits per heavy atom. The van der Waals surface area contributed by atoms with Crippen molar-refractivity contribution >= 4 is 74.4 Å². The van der Waals surface area contributed by atoms with E-state index in [9.17, 15) is 0 Å². The molecule has 0 N–H and O–H groups in total. The molecule has 0 unspecified atom stereocenters. The highest BCUT2D eigenvalue weighted by atomic mass is 32.1. The van der Waals surface area contributed by atoms with Gasteiger partial charge in [0.05, 0.1) is 5.69 Å². The molecule has 0 aliphatic rings. The number of rotatable bonds is 1. The zero-order valence-electron chi connectivity index (χ0n) is 17.4. The molecular weight excluding hydrogens is 422 g/mol. The first-order valence-corrected chi connectivity index (χ1v) is 12.7. The van der Waals surface area contributed by atoms with Crippen LogP contribution in [0.3, 0.4) is 0 Å².